The van der Waals surface area contributed by atoms with E-state index in [4.69, 9.17) is 5.11 Å². The smallest absolute Gasteiger partial charge is 0.377 e. The molecule has 1 aromatic carbocycles. The zero-order chi connectivity index (χ0) is 14.0. The van der Waals surface area contributed by atoms with Crippen molar-refractivity contribution in [2.24, 2.45) is 0 Å². The molecule has 1 aliphatic heterocycles. The average Bonchev–Trinajstić information content (AvgIpc) is 2.37. The Morgan fingerprint density at radius 1 is 1.05 bits per heavy atom. The lowest BCUT2D eigenvalue weighted by Crippen LogP contribution is -2.51. The first-order valence-electron chi connectivity index (χ1n) is 5.42. The molecule has 7 nitrogen and oxygen atoms in total. The van der Waals surface area contributed by atoms with Crippen molar-refractivity contribution in [2.45, 2.75) is 0 Å². The van der Waals surface area contributed by atoms with Crippen molar-refractivity contribution >= 4 is 29.3 Å². The molecular weight excluding hydrogens is 252 g/mol. The molecule has 1 fully saturated rings. The third-order valence-corrected chi connectivity index (χ3v) is 2.64. The van der Waals surface area contributed by atoms with Crippen molar-refractivity contribution in [1.82, 2.24) is 5.32 Å². The number of carboxylic acids is 1. The predicted octanol–water partition coefficient (Wildman–Crippen LogP) is -0.583. The van der Waals surface area contributed by atoms with Crippen LogP contribution in [0.25, 0.3) is 0 Å². The van der Waals surface area contributed by atoms with Crippen LogP contribution in [0.3, 0.4) is 0 Å². The van der Waals surface area contributed by atoms with Gasteiger partial charge < -0.3 is 10.0 Å². The third kappa shape index (κ3) is 2.76. The Kier molecular flexibility index (Phi) is 3.28. The molecule has 7 heteroatoms. The van der Waals surface area contributed by atoms with E-state index in [0.717, 1.165) is 0 Å². The van der Waals surface area contributed by atoms with Gasteiger partial charge in [-0.1, -0.05) is 0 Å². The number of benzene rings is 1. The highest BCUT2D eigenvalue weighted by molar-refractivity contribution is 6.39. The van der Waals surface area contributed by atoms with Crippen molar-refractivity contribution in [3.63, 3.8) is 0 Å². The van der Waals surface area contributed by atoms with E-state index >= 15 is 0 Å². The van der Waals surface area contributed by atoms with Crippen LogP contribution < -0.4 is 10.2 Å². The summed E-state index contributed by atoms with van der Waals surface area (Å²) in [6.45, 7) is 0.0793. The summed E-state index contributed by atoms with van der Waals surface area (Å²) in [7, 11) is 0. The van der Waals surface area contributed by atoms with E-state index in [1.54, 1.807) is 0 Å². The lowest BCUT2D eigenvalue weighted by atomic mass is 10.1. The number of rotatable bonds is 3. The van der Waals surface area contributed by atoms with Gasteiger partial charge in [0.2, 0.25) is 11.8 Å². The fraction of sp³-hybridized carbons (Fsp3) is 0.167. The second-order valence-corrected chi connectivity index (χ2v) is 4.01. The number of carbonyl (C=O) groups excluding carboxylic acids is 3. The normalized spacial score (nSPS) is 15.1. The number of piperazine rings is 1. The molecule has 1 heterocycles. The van der Waals surface area contributed by atoms with Gasteiger partial charge in [0.05, 0.1) is 13.1 Å². The molecule has 1 aliphatic rings. The van der Waals surface area contributed by atoms with Crippen molar-refractivity contribution in [3.05, 3.63) is 29.8 Å². The highest BCUT2D eigenvalue weighted by atomic mass is 16.4. The van der Waals surface area contributed by atoms with Gasteiger partial charge >= 0.3 is 5.97 Å². The Balaban J connectivity index is 2.18. The third-order valence-electron chi connectivity index (χ3n) is 2.64. The number of carboxylic acid groups (broad SMARTS) is 1. The molecule has 0 radical (unpaired) electrons. The fourth-order valence-electron chi connectivity index (χ4n) is 1.77. The average molecular weight is 262 g/mol. The monoisotopic (exact) mass is 262 g/mol. The summed E-state index contributed by atoms with van der Waals surface area (Å²) in [5, 5.41) is 10.7. The van der Waals surface area contributed by atoms with Gasteiger partial charge in [0.15, 0.2) is 0 Å². The Morgan fingerprint density at radius 3 is 2.05 bits per heavy atom. The quantitative estimate of drug-likeness (QED) is 0.429. The van der Waals surface area contributed by atoms with E-state index in [0.29, 0.717) is 5.69 Å². The molecule has 0 unspecified atom stereocenters. The number of aliphatic carboxylic acids is 1. The molecule has 2 rings (SSSR count). The molecule has 2 N–H and O–H groups in total. The van der Waals surface area contributed by atoms with Gasteiger partial charge in [0, 0.05) is 11.3 Å². The van der Waals surface area contributed by atoms with E-state index in [1.165, 1.54) is 29.2 Å². The number of hydrogen-bond acceptors (Lipinski definition) is 5. The second-order valence-electron chi connectivity index (χ2n) is 4.01. The molecule has 0 saturated carbocycles. The Hall–Kier alpha value is -2.70. The van der Waals surface area contributed by atoms with Crippen LogP contribution in [-0.2, 0) is 14.4 Å². The van der Waals surface area contributed by atoms with Gasteiger partial charge in [0.1, 0.15) is 0 Å². The van der Waals surface area contributed by atoms with Gasteiger partial charge in [-0.05, 0) is 24.3 Å². The lowest BCUT2D eigenvalue weighted by molar-refractivity contribution is -0.132. The zero-order valence-electron chi connectivity index (χ0n) is 9.75. The van der Waals surface area contributed by atoms with Crippen molar-refractivity contribution in [3.8, 4) is 0 Å². The van der Waals surface area contributed by atoms with Crippen LogP contribution in [0, 0.1) is 0 Å². The standard InChI is InChI=1S/C12H10N2O5/c15-9-5-14(6-10(16)13-9)8-3-1-7(2-4-8)11(17)12(18)19/h1-4H,5-6H2,(H,18,19)(H,13,15,16). The van der Waals surface area contributed by atoms with Gasteiger partial charge in [-0.15, -0.1) is 0 Å². The summed E-state index contributed by atoms with van der Waals surface area (Å²) in [5.41, 5.74) is 0.620. The number of anilines is 1. The van der Waals surface area contributed by atoms with Crippen molar-refractivity contribution in [2.75, 3.05) is 18.0 Å². The molecule has 0 atom stereocenters. The molecule has 0 spiro atoms. The number of nitrogens with one attached hydrogen (secondary N) is 1. The summed E-state index contributed by atoms with van der Waals surface area (Å²) in [6, 6.07) is 5.70. The maximum absolute atomic E-state index is 11.2. The number of hydrogen-bond donors (Lipinski definition) is 2. The minimum Gasteiger partial charge on any atom is -0.475 e. The van der Waals surface area contributed by atoms with E-state index in [1.807, 2.05) is 0 Å². The molecule has 0 aliphatic carbocycles. The molecule has 1 saturated heterocycles. The highest BCUT2D eigenvalue weighted by Crippen LogP contribution is 2.16. The van der Waals surface area contributed by atoms with Crippen LogP contribution in [0.15, 0.2) is 24.3 Å². The number of carbonyl (C=O) groups is 4. The summed E-state index contributed by atoms with van der Waals surface area (Å²) in [4.78, 5) is 45.7. The van der Waals surface area contributed by atoms with Gasteiger partial charge in [-0.2, -0.15) is 0 Å². The number of ketones is 1. The molecular formula is C12H10N2O5. The molecule has 1 aromatic rings. The first-order chi connectivity index (χ1) is 8.97. The van der Waals surface area contributed by atoms with E-state index < -0.39 is 23.6 Å². The highest BCUT2D eigenvalue weighted by Gasteiger charge is 2.23. The van der Waals surface area contributed by atoms with Gasteiger partial charge in [-0.3, -0.25) is 19.7 Å². The Morgan fingerprint density at radius 2 is 1.58 bits per heavy atom. The topological polar surface area (TPSA) is 104 Å². The number of Topliss-reactive ketones (excluding diaryl/α,β-unsaturated/α-hetero) is 1. The van der Waals surface area contributed by atoms with E-state index in [2.05, 4.69) is 5.32 Å². The summed E-state index contributed by atoms with van der Waals surface area (Å²) in [5.74, 6) is -3.33. The SMILES string of the molecule is O=C1CN(c2ccc(C(=O)C(=O)O)cc2)CC(=O)N1. The first-order valence-corrected chi connectivity index (χ1v) is 5.42. The van der Waals surface area contributed by atoms with Gasteiger partial charge in [-0.25, -0.2) is 4.79 Å². The van der Waals surface area contributed by atoms with E-state index in [-0.39, 0.29) is 18.7 Å². The minimum atomic E-state index is -1.53. The van der Waals surface area contributed by atoms with Crippen LogP contribution in [0.5, 0.6) is 0 Å². The fourth-order valence-corrected chi connectivity index (χ4v) is 1.77. The predicted molar refractivity (Wildman–Crippen MR) is 63.8 cm³/mol. The Labute approximate surface area is 107 Å². The number of imide groups is 1. The van der Waals surface area contributed by atoms with Gasteiger partial charge in [0.25, 0.3) is 5.78 Å². The maximum Gasteiger partial charge on any atom is 0.377 e. The van der Waals surface area contributed by atoms with E-state index in [9.17, 15) is 19.2 Å². The lowest BCUT2D eigenvalue weighted by Gasteiger charge is -2.27. The summed E-state index contributed by atoms with van der Waals surface area (Å²) < 4.78 is 0. The molecule has 0 bridgehead atoms. The first kappa shape index (κ1) is 12.7. The molecule has 2 amide bonds. The van der Waals surface area contributed by atoms with Crippen LogP contribution in [-0.4, -0.2) is 41.8 Å². The largest absolute Gasteiger partial charge is 0.475 e. The van der Waals surface area contributed by atoms with Crippen LogP contribution in [0.1, 0.15) is 10.4 Å². The summed E-state index contributed by atoms with van der Waals surface area (Å²) >= 11 is 0. The van der Waals surface area contributed by atoms with Crippen LogP contribution in [0.4, 0.5) is 5.69 Å². The maximum atomic E-state index is 11.2. The van der Waals surface area contributed by atoms with Crippen molar-refractivity contribution in [1.29, 1.82) is 0 Å². The number of amides is 2. The number of nitrogens with zero attached hydrogens (tertiary/aromatic N) is 1. The van der Waals surface area contributed by atoms with Crippen molar-refractivity contribution < 1.29 is 24.3 Å². The Bertz CT molecular complexity index is 548. The van der Waals surface area contributed by atoms with Crippen LogP contribution in [0.2, 0.25) is 0 Å². The minimum absolute atomic E-state index is 0.0396. The second kappa shape index (κ2) is 4.89. The molecule has 98 valence electrons. The molecule has 19 heavy (non-hydrogen) atoms. The summed E-state index contributed by atoms with van der Waals surface area (Å²) in [6.07, 6.45) is 0. The van der Waals surface area contributed by atoms with Crippen LogP contribution >= 0.6 is 0 Å². The zero-order valence-corrected chi connectivity index (χ0v) is 9.75. The molecule has 0 aromatic heterocycles.